The van der Waals surface area contributed by atoms with Crippen LogP contribution in [0.5, 0.6) is 5.75 Å². The number of aryl methyl sites for hydroxylation is 2. The Morgan fingerprint density at radius 2 is 1.48 bits per heavy atom. The Morgan fingerprint density at radius 1 is 0.845 bits per heavy atom. The molecule has 0 spiro atoms. The van der Waals surface area contributed by atoms with Crippen molar-refractivity contribution >= 4 is 29.3 Å². The van der Waals surface area contributed by atoms with E-state index in [1.54, 1.807) is 29.2 Å². The van der Waals surface area contributed by atoms with Crippen LogP contribution in [0.3, 0.4) is 0 Å². The summed E-state index contributed by atoms with van der Waals surface area (Å²) >= 11 is 0. The van der Waals surface area contributed by atoms with Gasteiger partial charge in [0.25, 0.3) is 17.7 Å². The van der Waals surface area contributed by atoms with Crippen LogP contribution in [0.1, 0.15) is 90.6 Å². The minimum Gasteiger partial charge on any atom is -0.508 e. The molecule has 5 aliphatic rings. The van der Waals surface area contributed by atoms with E-state index in [0.717, 1.165) is 94.4 Å². The van der Waals surface area contributed by atoms with Crippen LogP contribution in [0.4, 0.5) is 10.1 Å². The van der Waals surface area contributed by atoms with E-state index in [1.807, 2.05) is 38.7 Å². The van der Waals surface area contributed by atoms with Crippen molar-refractivity contribution in [1.29, 1.82) is 0 Å². The van der Waals surface area contributed by atoms with E-state index in [2.05, 4.69) is 21.7 Å². The maximum absolute atomic E-state index is 15.3. The smallest absolute Gasteiger partial charge is 0.269 e. The van der Waals surface area contributed by atoms with Gasteiger partial charge in [-0.15, -0.1) is 0 Å². The van der Waals surface area contributed by atoms with Crippen molar-refractivity contribution in [3.8, 4) is 5.75 Å². The number of aromatic hydroxyl groups is 1. The van der Waals surface area contributed by atoms with Gasteiger partial charge in [-0.05, 0) is 112 Å². The van der Waals surface area contributed by atoms with Gasteiger partial charge in [0.1, 0.15) is 17.6 Å². The van der Waals surface area contributed by atoms with Crippen molar-refractivity contribution in [3.63, 3.8) is 0 Å². The van der Waals surface area contributed by atoms with Crippen LogP contribution in [-0.4, -0.2) is 113 Å². The molecule has 14 heteroatoms. The largest absolute Gasteiger partial charge is 0.508 e. The Hall–Kier alpha value is -5.37. The molecular formula is C44H61FN8O5. The minimum atomic E-state index is -0.932. The van der Waals surface area contributed by atoms with E-state index < -0.39 is 29.6 Å². The molecule has 1 atom stereocenters. The number of fused-ring (bicyclic) bond motifs is 1. The molecule has 0 radical (unpaired) electrons. The number of benzene rings is 2. The number of rotatable bonds is 7. The average Bonchev–Trinajstić information content (AvgIpc) is 3.46. The molecule has 0 aromatic heterocycles. The number of hydrogen-bond acceptors (Lipinski definition) is 10. The third-order valence-electron chi connectivity index (χ3n) is 11.6. The summed E-state index contributed by atoms with van der Waals surface area (Å²) in [7, 11) is 0. The van der Waals surface area contributed by atoms with Crippen molar-refractivity contribution < 1.29 is 28.7 Å². The molecule has 314 valence electrons. The first-order valence-electron chi connectivity index (χ1n) is 20.7. The summed E-state index contributed by atoms with van der Waals surface area (Å²) in [5.74, 6) is -0.864. The number of nitrogens with two attached hydrogens (primary N) is 2. The molecule has 2 aromatic rings. The number of nitrogens with one attached hydrogen (secondary N) is 1. The third-order valence-corrected chi connectivity index (χ3v) is 11.6. The van der Waals surface area contributed by atoms with E-state index in [9.17, 15) is 19.2 Å². The highest BCUT2D eigenvalue weighted by Gasteiger charge is 2.45. The lowest BCUT2D eigenvalue weighted by atomic mass is 9.96. The quantitative estimate of drug-likeness (QED) is 0.175. The number of piperidine rings is 3. The predicted octanol–water partition coefficient (Wildman–Crippen LogP) is 4.74. The first-order chi connectivity index (χ1) is 27.8. The number of imide groups is 1. The van der Waals surface area contributed by atoms with Gasteiger partial charge in [0.05, 0.1) is 28.3 Å². The fourth-order valence-corrected chi connectivity index (χ4v) is 8.07. The van der Waals surface area contributed by atoms with Crippen LogP contribution >= 0.6 is 0 Å². The molecule has 4 fully saturated rings. The van der Waals surface area contributed by atoms with Crippen molar-refractivity contribution in [2.45, 2.75) is 78.7 Å². The molecule has 58 heavy (non-hydrogen) atoms. The van der Waals surface area contributed by atoms with E-state index >= 15 is 4.39 Å². The summed E-state index contributed by atoms with van der Waals surface area (Å²) in [5.41, 5.74) is 16.0. The molecule has 5 aliphatic heterocycles. The third kappa shape index (κ3) is 10.4. The van der Waals surface area contributed by atoms with Gasteiger partial charge in [-0.1, -0.05) is 26.5 Å². The summed E-state index contributed by atoms with van der Waals surface area (Å²) in [6, 6.07) is 7.04. The van der Waals surface area contributed by atoms with Crippen molar-refractivity contribution in [1.82, 2.24) is 24.9 Å². The molecule has 4 saturated heterocycles. The molecule has 0 bridgehead atoms. The van der Waals surface area contributed by atoms with E-state index in [4.69, 9.17) is 16.6 Å². The Labute approximate surface area is 342 Å². The molecule has 2 aromatic carbocycles. The summed E-state index contributed by atoms with van der Waals surface area (Å²) in [4.78, 5) is 60.7. The zero-order valence-corrected chi connectivity index (χ0v) is 34.6. The molecule has 7 rings (SSSR count). The topological polar surface area (TPSA) is 169 Å². The maximum Gasteiger partial charge on any atom is 0.269 e. The van der Waals surface area contributed by atoms with Gasteiger partial charge in [0, 0.05) is 64.6 Å². The second kappa shape index (κ2) is 19.9. The highest BCUT2D eigenvalue weighted by atomic mass is 19.1. The highest BCUT2D eigenvalue weighted by Crippen LogP contribution is 2.34. The maximum atomic E-state index is 15.3. The summed E-state index contributed by atoms with van der Waals surface area (Å²) in [6.07, 6.45) is 9.27. The number of halogens is 1. The zero-order valence-electron chi connectivity index (χ0n) is 34.6. The molecule has 4 amide bonds. The van der Waals surface area contributed by atoms with E-state index in [1.165, 1.54) is 11.6 Å². The van der Waals surface area contributed by atoms with Gasteiger partial charge < -0.3 is 36.6 Å². The number of hydrogen-bond donors (Lipinski definition) is 4. The number of anilines is 1. The molecular weight excluding hydrogens is 740 g/mol. The molecule has 13 nitrogen and oxygen atoms in total. The number of nitrogens with zero attached hydrogens (tertiary/aromatic N) is 5. The number of amides is 4. The second-order valence-electron chi connectivity index (χ2n) is 15.5. The molecule has 0 saturated carbocycles. The summed E-state index contributed by atoms with van der Waals surface area (Å²) in [6.45, 7) is 18.5. The number of likely N-dealkylation sites (tertiary alicyclic amines) is 2. The number of phenols is 1. The standard InChI is InChI=1S/C34H45FN8O4.C8H10O.C2H6/c1-22-5-7-28(31(44)38-22)43-32(45)24-19-26(35)29(20-25(24)33(43)46)40-17-15-39(16-18-40)21-23-9-13-41(14-10-23)30(37)8-6-27(36)34(47)42-11-3-2-4-12-42;1-6-3-4-8(9)5-7(6)2;1-2/h6,8,19-20,23,28H,1-5,7,9-18,21,36-37H2,(H,38,44);3-5,9H,1-2H3;1-2H3/b27-6-,30-8+;;. The fraction of sp³-hybridized carbons (Fsp3) is 0.500. The van der Waals surface area contributed by atoms with Crippen molar-refractivity contribution in [2.24, 2.45) is 17.4 Å². The monoisotopic (exact) mass is 800 g/mol. The van der Waals surface area contributed by atoms with Crippen LogP contribution in [0.15, 0.2) is 66.3 Å². The Balaban J connectivity index is 0.000000509. The number of piperazine rings is 1. The summed E-state index contributed by atoms with van der Waals surface area (Å²) in [5, 5.41) is 11.6. The fourth-order valence-electron chi connectivity index (χ4n) is 8.07. The first-order valence-corrected chi connectivity index (χ1v) is 20.7. The lowest BCUT2D eigenvalue weighted by Gasteiger charge is -2.40. The van der Waals surface area contributed by atoms with Crippen LogP contribution in [0.2, 0.25) is 0 Å². The normalized spacial score (nSPS) is 20.9. The Kier molecular flexibility index (Phi) is 15.0. The summed E-state index contributed by atoms with van der Waals surface area (Å²) < 4.78 is 15.3. The lowest BCUT2D eigenvalue weighted by molar-refractivity contribution is -0.128. The van der Waals surface area contributed by atoms with Gasteiger partial charge in [-0.3, -0.25) is 29.0 Å². The van der Waals surface area contributed by atoms with Crippen molar-refractivity contribution in [2.75, 3.05) is 63.8 Å². The first kappa shape index (κ1) is 43.7. The van der Waals surface area contributed by atoms with E-state index in [-0.39, 0.29) is 22.7 Å². The van der Waals surface area contributed by atoms with Crippen LogP contribution in [-0.2, 0) is 9.59 Å². The molecule has 5 heterocycles. The van der Waals surface area contributed by atoms with Gasteiger partial charge in [-0.25, -0.2) is 4.39 Å². The SMILES string of the molecule is C=C1CCC(N2C(=O)c3cc(F)c(N4CCN(CC5CCN(/C(N)=C/C=C(\N)C(=O)N6CCCCC6)CC5)CC4)cc3C2=O)C(=O)N1.CC.Cc1ccc(O)cc1C. The van der Waals surface area contributed by atoms with Crippen molar-refractivity contribution in [3.05, 3.63) is 94.3 Å². The lowest BCUT2D eigenvalue weighted by Crippen LogP contribution is -2.51. The Bertz CT molecular complexity index is 1910. The molecule has 6 N–H and O–H groups in total. The average molecular weight is 801 g/mol. The van der Waals surface area contributed by atoms with Crippen LogP contribution in [0, 0.1) is 25.6 Å². The Morgan fingerprint density at radius 3 is 2.09 bits per heavy atom. The number of carbonyl (C=O) groups excluding carboxylic acids is 4. The number of allylic oxidation sites excluding steroid dienone is 3. The van der Waals surface area contributed by atoms with Gasteiger partial charge in [0.15, 0.2) is 0 Å². The number of carbonyl (C=O) groups is 4. The second-order valence-corrected chi connectivity index (χ2v) is 15.5. The van der Waals surface area contributed by atoms with Gasteiger partial charge in [-0.2, -0.15) is 0 Å². The van der Waals surface area contributed by atoms with Gasteiger partial charge >= 0.3 is 0 Å². The van der Waals surface area contributed by atoms with Gasteiger partial charge in [0.2, 0.25) is 5.91 Å². The van der Waals surface area contributed by atoms with Crippen LogP contribution < -0.4 is 21.7 Å². The van der Waals surface area contributed by atoms with Crippen LogP contribution in [0.25, 0.3) is 0 Å². The highest BCUT2D eigenvalue weighted by molar-refractivity contribution is 6.23. The zero-order chi connectivity index (χ0) is 42.1. The minimum absolute atomic E-state index is 0.000611. The van der Waals surface area contributed by atoms with E-state index in [0.29, 0.717) is 54.8 Å². The molecule has 0 aliphatic carbocycles. The predicted molar refractivity (Wildman–Crippen MR) is 224 cm³/mol. The number of phenolic OH excluding ortho intramolecular Hbond substituents is 1. The molecule has 1 unspecified atom stereocenters.